The first kappa shape index (κ1) is 28.2. The highest BCUT2D eigenvalue weighted by atomic mass is 16.5. The summed E-state index contributed by atoms with van der Waals surface area (Å²) in [6, 6.07) is 4.31. The summed E-state index contributed by atoms with van der Waals surface area (Å²) in [7, 11) is 0. The van der Waals surface area contributed by atoms with Crippen molar-refractivity contribution < 1.29 is 19.2 Å². The number of fused-ring (bicyclic) bond motifs is 1. The molecule has 1 aliphatic heterocycles. The maximum atomic E-state index is 12.3. The number of amides is 1. The SMILES string of the molecule is CCCC(=O)N1CCC(c2ccc(-c3c(-c4nn(C(C)C)c5ncnc(N)c45)noc3C3CC3)nc2)CC1.O=CO. The number of aromatic nitrogens is 6. The molecule has 5 heterocycles. The van der Waals surface area contributed by atoms with Crippen molar-refractivity contribution in [1.82, 2.24) is 34.8 Å². The molecule has 216 valence electrons. The van der Waals surface area contributed by atoms with Gasteiger partial charge < -0.3 is 20.3 Å². The lowest BCUT2D eigenvalue weighted by atomic mass is 9.90. The molecule has 2 fully saturated rings. The van der Waals surface area contributed by atoms with Gasteiger partial charge in [0, 0.05) is 37.7 Å². The van der Waals surface area contributed by atoms with Crippen LogP contribution in [0.15, 0.2) is 29.2 Å². The number of likely N-dealkylation sites (tertiary alicyclic amines) is 1. The summed E-state index contributed by atoms with van der Waals surface area (Å²) in [5.74, 6) is 2.22. The van der Waals surface area contributed by atoms with Crippen LogP contribution in [0.3, 0.4) is 0 Å². The Kier molecular flexibility index (Phi) is 8.27. The van der Waals surface area contributed by atoms with E-state index < -0.39 is 0 Å². The van der Waals surface area contributed by atoms with E-state index >= 15 is 0 Å². The van der Waals surface area contributed by atoms with Crippen molar-refractivity contribution >= 4 is 29.2 Å². The number of nitrogen functional groups attached to an aromatic ring is 1. The number of carbonyl (C=O) groups is 2. The Balaban J connectivity index is 0.00000108. The molecule has 6 rings (SSSR count). The van der Waals surface area contributed by atoms with Crippen LogP contribution in [0.25, 0.3) is 33.7 Å². The molecule has 0 aromatic carbocycles. The van der Waals surface area contributed by atoms with Crippen LogP contribution in [-0.4, -0.2) is 65.4 Å². The number of rotatable bonds is 7. The van der Waals surface area contributed by atoms with Gasteiger partial charge in [0.1, 0.15) is 29.3 Å². The Morgan fingerprint density at radius 1 is 1.12 bits per heavy atom. The number of hydrogen-bond acceptors (Lipinski definition) is 9. The number of nitrogens with zero attached hydrogens (tertiary/aromatic N) is 7. The number of nitrogens with two attached hydrogens (primary N) is 1. The van der Waals surface area contributed by atoms with Crippen molar-refractivity contribution in [2.24, 2.45) is 0 Å². The summed E-state index contributed by atoms with van der Waals surface area (Å²) in [4.78, 5) is 36.2. The van der Waals surface area contributed by atoms with Crippen molar-refractivity contribution in [2.45, 2.75) is 77.2 Å². The van der Waals surface area contributed by atoms with E-state index in [4.69, 9.17) is 30.2 Å². The second-order valence-electron chi connectivity index (χ2n) is 10.9. The largest absolute Gasteiger partial charge is 0.483 e. The van der Waals surface area contributed by atoms with E-state index in [2.05, 4.69) is 48.0 Å². The average Bonchev–Trinajstić information content (AvgIpc) is 3.60. The summed E-state index contributed by atoms with van der Waals surface area (Å²) in [5, 5.41) is 16.9. The van der Waals surface area contributed by atoms with Crippen LogP contribution in [0, 0.1) is 0 Å². The van der Waals surface area contributed by atoms with E-state index in [-0.39, 0.29) is 18.4 Å². The number of anilines is 1. The summed E-state index contributed by atoms with van der Waals surface area (Å²) >= 11 is 0. The molecular formula is C29H36N8O4. The molecular weight excluding hydrogens is 524 g/mol. The van der Waals surface area contributed by atoms with Gasteiger partial charge in [-0.2, -0.15) is 5.10 Å². The fourth-order valence-corrected chi connectivity index (χ4v) is 5.49. The predicted octanol–water partition coefficient (Wildman–Crippen LogP) is 4.79. The third-order valence-electron chi connectivity index (χ3n) is 7.72. The number of carboxylic acid groups (broad SMARTS) is 1. The highest BCUT2D eigenvalue weighted by Gasteiger charge is 2.35. The Morgan fingerprint density at radius 3 is 2.46 bits per heavy atom. The van der Waals surface area contributed by atoms with E-state index in [1.165, 1.54) is 11.9 Å². The van der Waals surface area contributed by atoms with Crippen molar-refractivity contribution in [3.63, 3.8) is 0 Å². The third kappa shape index (κ3) is 5.63. The Bertz CT molecular complexity index is 1520. The highest BCUT2D eigenvalue weighted by molar-refractivity contribution is 6.00. The van der Waals surface area contributed by atoms with E-state index in [9.17, 15) is 4.79 Å². The van der Waals surface area contributed by atoms with E-state index in [1.54, 1.807) is 0 Å². The first-order valence-corrected chi connectivity index (χ1v) is 14.2. The lowest BCUT2D eigenvalue weighted by Gasteiger charge is -2.32. The van der Waals surface area contributed by atoms with Crippen molar-refractivity contribution in [3.8, 4) is 22.6 Å². The van der Waals surface area contributed by atoms with Crippen LogP contribution in [0.2, 0.25) is 0 Å². The van der Waals surface area contributed by atoms with Crippen molar-refractivity contribution in [2.75, 3.05) is 18.8 Å². The molecule has 1 amide bonds. The van der Waals surface area contributed by atoms with Gasteiger partial charge in [-0.3, -0.25) is 14.6 Å². The highest BCUT2D eigenvalue weighted by Crippen LogP contribution is 2.48. The molecule has 0 bridgehead atoms. The van der Waals surface area contributed by atoms with Crippen LogP contribution < -0.4 is 5.73 Å². The third-order valence-corrected chi connectivity index (χ3v) is 7.72. The molecule has 0 unspecified atom stereocenters. The van der Waals surface area contributed by atoms with Gasteiger partial charge in [-0.15, -0.1) is 0 Å². The van der Waals surface area contributed by atoms with E-state index in [0.717, 1.165) is 62.2 Å². The molecule has 4 aromatic rings. The van der Waals surface area contributed by atoms with Crippen LogP contribution in [-0.2, 0) is 9.59 Å². The Hall–Kier alpha value is -4.35. The molecule has 0 atom stereocenters. The van der Waals surface area contributed by atoms with Crippen molar-refractivity contribution in [1.29, 1.82) is 0 Å². The maximum absolute atomic E-state index is 12.3. The molecule has 1 saturated heterocycles. The van der Waals surface area contributed by atoms with Crippen LogP contribution in [0.4, 0.5) is 5.82 Å². The first-order chi connectivity index (χ1) is 19.9. The van der Waals surface area contributed by atoms with Crippen LogP contribution in [0.1, 0.15) is 88.5 Å². The zero-order chi connectivity index (χ0) is 29.1. The van der Waals surface area contributed by atoms with Crippen LogP contribution >= 0.6 is 0 Å². The van der Waals surface area contributed by atoms with Crippen molar-refractivity contribution in [3.05, 3.63) is 36.0 Å². The van der Waals surface area contributed by atoms with Gasteiger partial charge in [0.2, 0.25) is 5.91 Å². The fraction of sp³-hybridized carbons (Fsp3) is 0.483. The summed E-state index contributed by atoms with van der Waals surface area (Å²) in [5.41, 5.74) is 11.1. The lowest BCUT2D eigenvalue weighted by molar-refractivity contribution is -0.132. The number of hydrogen-bond donors (Lipinski definition) is 2. The zero-order valence-electron chi connectivity index (χ0n) is 23.7. The summed E-state index contributed by atoms with van der Waals surface area (Å²) in [6.45, 7) is 7.52. The van der Waals surface area contributed by atoms with Gasteiger partial charge >= 0.3 is 0 Å². The first-order valence-electron chi connectivity index (χ1n) is 14.2. The topological polar surface area (TPSA) is 166 Å². The minimum absolute atomic E-state index is 0.0832. The standard InChI is InChI=1S/C28H34N8O2.CH2O2/c1-4-5-21(37)35-12-10-17(11-13-35)19-8-9-20(30-14-19)22-25(34-38-26(22)18-6-7-18)24-23-27(29)31-15-32-28(23)36(33-24)16(2)3;2-1-3/h8-9,14-18H,4-7,10-13H2,1-3H3,(H2,29,31,32);1H,(H,2,3). The predicted molar refractivity (Wildman–Crippen MR) is 153 cm³/mol. The second kappa shape index (κ2) is 12.0. The molecule has 41 heavy (non-hydrogen) atoms. The molecule has 0 radical (unpaired) electrons. The van der Waals surface area contributed by atoms with E-state index in [0.29, 0.717) is 46.5 Å². The van der Waals surface area contributed by atoms with Crippen LogP contribution in [0.5, 0.6) is 0 Å². The van der Waals surface area contributed by atoms with Gasteiger partial charge in [-0.05, 0) is 63.5 Å². The number of piperidine rings is 1. The van der Waals surface area contributed by atoms with Gasteiger partial charge in [-0.25, -0.2) is 14.6 Å². The van der Waals surface area contributed by atoms with Gasteiger partial charge in [0.05, 0.1) is 16.6 Å². The lowest BCUT2D eigenvalue weighted by Crippen LogP contribution is -2.37. The average molecular weight is 561 g/mol. The minimum Gasteiger partial charge on any atom is -0.483 e. The monoisotopic (exact) mass is 560 g/mol. The summed E-state index contributed by atoms with van der Waals surface area (Å²) < 4.78 is 7.78. The summed E-state index contributed by atoms with van der Waals surface area (Å²) in [6.07, 6.45) is 9.02. The maximum Gasteiger partial charge on any atom is 0.290 e. The number of carbonyl (C=O) groups excluding carboxylic acids is 1. The molecule has 4 aromatic heterocycles. The molecule has 1 saturated carbocycles. The minimum atomic E-state index is -0.250. The molecule has 3 N–H and O–H groups in total. The molecule has 12 nitrogen and oxygen atoms in total. The zero-order valence-corrected chi connectivity index (χ0v) is 23.7. The Morgan fingerprint density at radius 2 is 1.85 bits per heavy atom. The normalized spacial score (nSPS) is 15.7. The Labute approximate surface area is 238 Å². The second-order valence-corrected chi connectivity index (χ2v) is 10.9. The fourth-order valence-electron chi connectivity index (χ4n) is 5.49. The quantitative estimate of drug-likeness (QED) is 0.300. The number of pyridine rings is 1. The van der Waals surface area contributed by atoms with Gasteiger partial charge in [0.15, 0.2) is 5.65 Å². The molecule has 12 heteroatoms. The van der Waals surface area contributed by atoms with Gasteiger partial charge in [0.25, 0.3) is 6.47 Å². The van der Waals surface area contributed by atoms with Gasteiger partial charge in [-0.1, -0.05) is 18.1 Å². The van der Waals surface area contributed by atoms with E-state index in [1.807, 2.05) is 15.8 Å². The molecule has 1 aliphatic carbocycles. The molecule has 2 aliphatic rings. The molecule has 0 spiro atoms. The smallest absolute Gasteiger partial charge is 0.290 e.